The van der Waals surface area contributed by atoms with Crippen LogP contribution in [0, 0.1) is 0 Å². The second-order valence-corrected chi connectivity index (χ2v) is 8.11. The zero-order valence-electron chi connectivity index (χ0n) is 16.6. The van der Waals surface area contributed by atoms with Crippen LogP contribution in [0.4, 0.5) is 10.5 Å². The van der Waals surface area contributed by atoms with E-state index in [2.05, 4.69) is 0 Å². The summed E-state index contributed by atoms with van der Waals surface area (Å²) >= 11 is 6.26. The van der Waals surface area contributed by atoms with Crippen molar-refractivity contribution >= 4 is 34.2 Å². The summed E-state index contributed by atoms with van der Waals surface area (Å²) in [6.07, 6.45) is -0.420. The van der Waals surface area contributed by atoms with Gasteiger partial charge in [-0.05, 0) is 37.3 Å². The Kier molecular flexibility index (Phi) is 6.03. The summed E-state index contributed by atoms with van der Waals surface area (Å²) in [6.45, 7) is 5.87. The Hall–Kier alpha value is -2.02. The molecule has 1 atom stereocenters. The lowest BCUT2D eigenvalue weighted by Crippen LogP contribution is -2.36. The highest BCUT2D eigenvalue weighted by Crippen LogP contribution is 2.46. The molecule has 0 spiro atoms. The normalized spacial score (nSPS) is 16.4. The van der Waals surface area contributed by atoms with Gasteiger partial charge in [-0.15, -0.1) is 11.6 Å². The van der Waals surface area contributed by atoms with Gasteiger partial charge in [-0.25, -0.2) is 4.79 Å². The molecule has 0 aliphatic carbocycles. The summed E-state index contributed by atoms with van der Waals surface area (Å²) in [7, 11) is 1.54. The average molecular weight is 408 g/mol. The second-order valence-electron chi connectivity index (χ2n) is 7.80. The molecule has 0 saturated carbocycles. The number of benzene rings is 2. The third-order valence-corrected chi connectivity index (χ3v) is 5.01. The number of hydrogen-bond donors (Lipinski definition) is 1. The Morgan fingerprint density at radius 3 is 2.71 bits per heavy atom. The number of rotatable bonds is 5. The maximum Gasteiger partial charge on any atom is 0.414 e. The van der Waals surface area contributed by atoms with Crippen LogP contribution in [0.25, 0.3) is 10.8 Å². The van der Waals surface area contributed by atoms with Gasteiger partial charge < -0.3 is 19.3 Å². The third-order valence-electron chi connectivity index (χ3n) is 4.64. The van der Waals surface area contributed by atoms with Crippen molar-refractivity contribution in [2.75, 3.05) is 31.2 Å². The Morgan fingerprint density at radius 1 is 1.36 bits per heavy atom. The zero-order valence-corrected chi connectivity index (χ0v) is 17.4. The molecule has 2 aromatic carbocycles. The summed E-state index contributed by atoms with van der Waals surface area (Å²) in [5.41, 5.74) is 1.83. The molecule has 3 rings (SSSR count). The van der Waals surface area contributed by atoms with Crippen LogP contribution in [0.5, 0.6) is 5.75 Å². The lowest BCUT2D eigenvalue weighted by atomic mass is 9.93. The third kappa shape index (κ3) is 3.90. The van der Waals surface area contributed by atoms with Crippen molar-refractivity contribution in [3.05, 3.63) is 35.4 Å². The number of alkyl halides is 1. The van der Waals surface area contributed by atoms with Gasteiger partial charge in [0.05, 0.1) is 12.3 Å². The van der Waals surface area contributed by atoms with Gasteiger partial charge in [-0.2, -0.15) is 0 Å². The van der Waals surface area contributed by atoms with Gasteiger partial charge >= 0.3 is 6.09 Å². The molecule has 1 N–H and O–H groups in total. The monoisotopic (exact) mass is 407 g/mol. The number of halogens is 1. The minimum atomic E-state index is -0.605. The summed E-state index contributed by atoms with van der Waals surface area (Å²) in [6, 6.07) is 7.51. The lowest BCUT2D eigenvalue weighted by Gasteiger charge is -2.25. The quantitative estimate of drug-likeness (QED) is 0.588. The Morgan fingerprint density at radius 2 is 2.11 bits per heavy atom. The number of methoxy groups -OCH3 is 1. The highest BCUT2D eigenvalue weighted by molar-refractivity contribution is 6.19. The van der Waals surface area contributed by atoms with E-state index in [1.807, 2.05) is 45.0 Å². The number of anilines is 1. The SMILES string of the molecule is COCOc1cc2c(c3cccc(CO)c13)[C@H](CCl)CN2C(=O)OC(C)(C)C. The Labute approximate surface area is 169 Å². The van der Waals surface area contributed by atoms with E-state index in [1.165, 1.54) is 0 Å². The molecular weight excluding hydrogens is 382 g/mol. The molecule has 0 fully saturated rings. The molecule has 2 aromatic rings. The second kappa shape index (κ2) is 8.15. The van der Waals surface area contributed by atoms with E-state index in [1.54, 1.807) is 12.0 Å². The van der Waals surface area contributed by atoms with Gasteiger partial charge in [0.15, 0.2) is 6.79 Å². The topological polar surface area (TPSA) is 68.2 Å². The van der Waals surface area contributed by atoms with E-state index in [-0.39, 0.29) is 19.3 Å². The molecule has 6 nitrogen and oxygen atoms in total. The molecule has 0 aromatic heterocycles. The fourth-order valence-electron chi connectivity index (χ4n) is 3.57. The first-order chi connectivity index (χ1) is 13.3. The number of aliphatic hydroxyl groups excluding tert-OH is 1. The summed E-state index contributed by atoms with van der Waals surface area (Å²) in [5.74, 6) is 0.865. The van der Waals surface area contributed by atoms with Crippen molar-refractivity contribution in [2.24, 2.45) is 0 Å². The molecule has 0 bridgehead atoms. The highest BCUT2D eigenvalue weighted by atomic mass is 35.5. The number of amides is 1. The minimum absolute atomic E-state index is 0.0443. The number of fused-ring (bicyclic) bond motifs is 3. The van der Waals surface area contributed by atoms with E-state index in [0.29, 0.717) is 23.9 Å². The number of ether oxygens (including phenoxy) is 3. The van der Waals surface area contributed by atoms with Crippen molar-refractivity contribution in [3.63, 3.8) is 0 Å². The Bertz CT molecular complexity index is 877. The largest absolute Gasteiger partial charge is 0.467 e. The van der Waals surface area contributed by atoms with E-state index in [0.717, 1.165) is 21.9 Å². The minimum Gasteiger partial charge on any atom is -0.467 e. The average Bonchev–Trinajstić information content (AvgIpc) is 3.03. The summed E-state index contributed by atoms with van der Waals surface area (Å²) < 4.78 is 16.4. The van der Waals surface area contributed by atoms with Crippen LogP contribution in [-0.4, -0.2) is 43.1 Å². The first-order valence-corrected chi connectivity index (χ1v) is 9.71. The van der Waals surface area contributed by atoms with Crippen LogP contribution in [0.1, 0.15) is 37.8 Å². The van der Waals surface area contributed by atoms with Crippen LogP contribution >= 0.6 is 11.6 Å². The highest BCUT2D eigenvalue weighted by Gasteiger charge is 2.37. The zero-order chi connectivity index (χ0) is 20.5. The number of aliphatic hydroxyl groups is 1. The van der Waals surface area contributed by atoms with E-state index >= 15 is 0 Å². The summed E-state index contributed by atoms with van der Waals surface area (Å²) in [5, 5.41) is 11.5. The maximum absolute atomic E-state index is 12.8. The number of carbonyl (C=O) groups is 1. The molecule has 7 heteroatoms. The van der Waals surface area contributed by atoms with Crippen molar-refractivity contribution < 1.29 is 24.1 Å². The predicted octanol–water partition coefficient (Wildman–Crippen LogP) is 4.39. The number of carbonyl (C=O) groups excluding carboxylic acids is 1. The molecule has 1 heterocycles. The first-order valence-electron chi connectivity index (χ1n) is 9.18. The molecule has 0 radical (unpaired) electrons. The van der Waals surface area contributed by atoms with Crippen LogP contribution in [0.15, 0.2) is 24.3 Å². The van der Waals surface area contributed by atoms with Crippen LogP contribution in [-0.2, 0) is 16.1 Å². The van der Waals surface area contributed by atoms with Gasteiger partial charge in [0.1, 0.15) is 11.4 Å². The molecule has 1 aliphatic rings. The predicted molar refractivity (Wildman–Crippen MR) is 109 cm³/mol. The molecule has 0 unspecified atom stereocenters. The van der Waals surface area contributed by atoms with E-state index in [4.69, 9.17) is 25.8 Å². The van der Waals surface area contributed by atoms with E-state index < -0.39 is 11.7 Å². The number of nitrogens with zero attached hydrogens (tertiary/aromatic N) is 1. The van der Waals surface area contributed by atoms with Crippen molar-refractivity contribution in [1.82, 2.24) is 0 Å². The van der Waals surface area contributed by atoms with Crippen LogP contribution in [0.2, 0.25) is 0 Å². The fourth-order valence-corrected chi connectivity index (χ4v) is 3.83. The molecule has 1 aliphatic heterocycles. The molecule has 0 saturated heterocycles. The van der Waals surface area contributed by atoms with Crippen LogP contribution in [0.3, 0.4) is 0 Å². The van der Waals surface area contributed by atoms with Gasteiger partial charge in [0, 0.05) is 36.9 Å². The summed E-state index contributed by atoms with van der Waals surface area (Å²) in [4.78, 5) is 14.4. The maximum atomic E-state index is 12.8. The van der Waals surface area contributed by atoms with Gasteiger partial charge in [-0.3, -0.25) is 4.90 Å². The van der Waals surface area contributed by atoms with Crippen molar-refractivity contribution in [3.8, 4) is 5.75 Å². The van der Waals surface area contributed by atoms with Gasteiger partial charge in [0.25, 0.3) is 0 Å². The molecule has 1 amide bonds. The van der Waals surface area contributed by atoms with Crippen molar-refractivity contribution in [2.45, 2.75) is 38.9 Å². The molecule has 152 valence electrons. The first kappa shape index (κ1) is 20.7. The Balaban J connectivity index is 2.20. The standard InChI is InChI=1S/C21H26ClNO5/c1-21(2,3)28-20(25)23-10-14(9-22)18-15-7-5-6-13(11-24)19(15)17(8-16(18)23)27-12-26-4/h5-8,14,24H,9-12H2,1-4H3/t14-/m1/s1. The smallest absolute Gasteiger partial charge is 0.414 e. The van der Waals surface area contributed by atoms with E-state index in [9.17, 15) is 9.90 Å². The fraction of sp³-hybridized carbons (Fsp3) is 0.476. The lowest BCUT2D eigenvalue weighted by molar-refractivity contribution is 0.0521. The molecular formula is C21H26ClNO5. The van der Waals surface area contributed by atoms with Gasteiger partial charge in [-0.1, -0.05) is 18.2 Å². The van der Waals surface area contributed by atoms with Crippen LogP contribution < -0.4 is 9.64 Å². The number of hydrogen-bond acceptors (Lipinski definition) is 5. The molecule has 28 heavy (non-hydrogen) atoms. The van der Waals surface area contributed by atoms with Gasteiger partial charge in [0.2, 0.25) is 0 Å². The van der Waals surface area contributed by atoms with Crippen molar-refractivity contribution in [1.29, 1.82) is 0 Å².